The van der Waals surface area contributed by atoms with Crippen LogP contribution in [0.25, 0.3) is 0 Å². The molecule has 14 heavy (non-hydrogen) atoms. The maximum Gasteiger partial charge on any atom is 0.119 e. The topological polar surface area (TPSA) is 9.23 Å². The standard InChI is InChI=1S/C12H18OS/c1-9-7-12(13-5-6-14-4)8-10(2)11(9)3/h7-8H,5-6H2,1-4H3. The van der Waals surface area contributed by atoms with Crippen LogP contribution < -0.4 is 4.74 Å². The van der Waals surface area contributed by atoms with E-state index in [2.05, 4.69) is 39.2 Å². The van der Waals surface area contributed by atoms with Crippen molar-refractivity contribution in [2.75, 3.05) is 18.6 Å². The van der Waals surface area contributed by atoms with Crippen LogP contribution in [0.4, 0.5) is 0 Å². The summed E-state index contributed by atoms with van der Waals surface area (Å²) in [6.45, 7) is 7.20. The molecular weight excluding hydrogens is 192 g/mol. The number of ether oxygens (including phenoxy) is 1. The molecule has 1 aromatic carbocycles. The molecule has 0 saturated carbocycles. The zero-order valence-electron chi connectivity index (χ0n) is 9.39. The van der Waals surface area contributed by atoms with Crippen LogP contribution >= 0.6 is 11.8 Å². The van der Waals surface area contributed by atoms with Crippen molar-refractivity contribution in [3.05, 3.63) is 28.8 Å². The quantitative estimate of drug-likeness (QED) is 0.705. The van der Waals surface area contributed by atoms with Gasteiger partial charge in [0.2, 0.25) is 0 Å². The predicted octanol–water partition coefficient (Wildman–Crippen LogP) is 3.35. The number of rotatable bonds is 4. The van der Waals surface area contributed by atoms with E-state index in [-0.39, 0.29) is 0 Å². The van der Waals surface area contributed by atoms with Crippen LogP contribution in [0.2, 0.25) is 0 Å². The van der Waals surface area contributed by atoms with Crippen LogP contribution in [0.5, 0.6) is 5.75 Å². The SMILES string of the molecule is CSCCOc1cc(C)c(C)c(C)c1. The number of thioether (sulfide) groups is 1. The molecule has 0 N–H and O–H groups in total. The number of hydrogen-bond donors (Lipinski definition) is 0. The van der Waals surface area contributed by atoms with Crippen molar-refractivity contribution >= 4 is 11.8 Å². The van der Waals surface area contributed by atoms with Crippen LogP contribution in [0.3, 0.4) is 0 Å². The van der Waals surface area contributed by atoms with Crippen molar-refractivity contribution in [2.45, 2.75) is 20.8 Å². The lowest BCUT2D eigenvalue weighted by molar-refractivity contribution is 0.343. The lowest BCUT2D eigenvalue weighted by Gasteiger charge is -2.10. The zero-order chi connectivity index (χ0) is 10.6. The van der Waals surface area contributed by atoms with Crippen molar-refractivity contribution in [1.29, 1.82) is 0 Å². The second-order valence-electron chi connectivity index (χ2n) is 3.52. The highest BCUT2D eigenvalue weighted by atomic mass is 32.2. The minimum absolute atomic E-state index is 0.795. The maximum atomic E-state index is 5.64. The third-order valence-corrected chi connectivity index (χ3v) is 3.03. The molecule has 1 rings (SSSR count). The van der Waals surface area contributed by atoms with Gasteiger partial charge in [-0.15, -0.1) is 0 Å². The van der Waals surface area contributed by atoms with E-state index < -0.39 is 0 Å². The van der Waals surface area contributed by atoms with E-state index >= 15 is 0 Å². The van der Waals surface area contributed by atoms with Crippen molar-refractivity contribution < 1.29 is 4.74 Å². The van der Waals surface area contributed by atoms with Gasteiger partial charge in [0.15, 0.2) is 0 Å². The fourth-order valence-electron chi connectivity index (χ4n) is 1.32. The van der Waals surface area contributed by atoms with Crippen LogP contribution in [-0.2, 0) is 0 Å². The number of benzene rings is 1. The van der Waals surface area contributed by atoms with Gasteiger partial charge in [-0.3, -0.25) is 0 Å². The minimum Gasteiger partial charge on any atom is -0.493 e. The third kappa shape index (κ3) is 2.95. The van der Waals surface area contributed by atoms with Gasteiger partial charge in [-0.1, -0.05) is 0 Å². The maximum absolute atomic E-state index is 5.64. The summed E-state index contributed by atoms with van der Waals surface area (Å²) in [5.41, 5.74) is 3.98. The van der Waals surface area contributed by atoms with Crippen molar-refractivity contribution in [3.63, 3.8) is 0 Å². The molecule has 0 aromatic heterocycles. The second-order valence-corrected chi connectivity index (χ2v) is 4.51. The minimum atomic E-state index is 0.795. The molecule has 0 aliphatic rings. The monoisotopic (exact) mass is 210 g/mol. The van der Waals surface area contributed by atoms with Crippen LogP contribution in [0, 0.1) is 20.8 Å². The molecule has 0 atom stereocenters. The van der Waals surface area contributed by atoms with E-state index in [1.165, 1.54) is 16.7 Å². The van der Waals surface area contributed by atoms with Gasteiger partial charge in [-0.25, -0.2) is 0 Å². The Morgan fingerprint density at radius 2 is 1.71 bits per heavy atom. The molecule has 0 spiro atoms. The fourth-order valence-corrected chi connectivity index (χ4v) is 1.57. The van der Waals surface area contributed by atoms with Gasteiger partial charge in [0.25, 0.3) is 0 Å². The van der Waals surface area contributed by atoms with Gasteiger partial charge in [-0.05, 0) is 55.9 Å². The summed E-state index contributed by atoms with van der Waals surface area (Å²) >= 11 is 1.81. The zero-order valence-corrected chi connectivity index (χ0v) is 10.2. The molecule has 0 aliphatic carbocycles. The Hall–Kier alpha value is -0.630. The number of hydrogen-bond acceptors (Lipinski definition) is 2. The van der Waals surface area contributed by atoms with Crippen LogP contribution in [0.1, 0.15) is 16.7 Å². The Bertz CT molecular complexity index is 284. The summed E-state index contributed by atoms with van der Waals surface area (Å²) in [5, 5.41) is 0. The van der Waals surface area contributed by atoms with E-state index in [9.17, 15) is 0 Å². The second kappa shape index (κ2) is 5.30. The summed E-state index contributed by atoms with van der Waals surface area (Å²) in [7, 11) is 0. The highest BCUT2D eigenvalue weighted by Gasteiger charge is 2.01. The molecule has 0 saturated heterocycles. The molecule has 0 heterocycles. The van der Waals surface area contributed by atoms with Gasteiger partial charge < -0.3 is 4.74 Å². The first-order chi connectivity index (χ1) is 6.65. The molecule has 0 fully saturated rings. The summed E-state index contributed by atoms with van der Waals surface area (Å²) in [6, 6.07) is 4.23. The van der Waals surface area contributed by atoms with Crippen LogP contribution in [-0.4, -0.2) is 18.6 Å². The first-order valence-electron chi connectivity index (χ1n) is 4.84. The highest BCUT2D eigenvalue weighted by Crippen LogP contribution is 2.20. The third-order valence-electron chi connectivity index (χ3n) is 2.46. The Morgan fingerprint density at radius 1 is 1.14 bits per heavy atom. The van der Waals surface area contributed by atoms with Gasteiger partial charge >= 0.3 is 0 Å². The summed E-state index contributed by atoms with van der Waals surface area (Å²) < 4.78 is 5.64. The molecule has 0 aliphatic heterocycles. The molecule has 78 valence electrons. The Morgan fingerprint density at radius 3 is 2.21 bits per heavy atom. The van der Waals surface area contributed by atoms with Crippen molar-refractivity contribution in [2.24, 2.45) is 0 Å². The molecular formula is C12H18OS. The molecule has 0 unspecified atom stereocenters. The van der Waals surface area contributed by atoms with Gasteiger partial charge in [0, 0.05) is 5.75 Å². The Balaban J connectivity index is 2.69. The molecule has 1 aromatic rings. The predicted molar refractivity (Wildman–Crippen MR) is 64.5 cm³/mol. The highest BCUT2D eigenvalue weighted by molar-refractivity contribution is 7.98. The van der Waals surface area contributed by atoms with Crippen molar-refractivity contribution in [3.8, 4) is 5.75 Å². The Kier molecular flexibility index (Phi) is 4.33. The van der Waals surface area contributed by atoms with E-state index in [1.54, 1.807) is 0 Å². The molecule has 0 radical (unpaired) electrons. The van der Waals surface area contributed by atoms with Gasteiger partial charge in [-0.2, -0.15) is 11.8 Å². The molecule has 0 bridgehead atoms. The lowest BCUT2D eigenvalue weighted by Crippen LogP contribution is -2.00. The fraction of sp³-hybridized carbons (Fsp3) is 0.500. The summed E-state index contributed by atoms with van der Waals surface area (Å²) in [6.07, 6.45) is 2.09. The first-order valence-corrected chi connectivity index (χ1v) is 6.24. The molecule has 2 heteroatoms. The van der Waals surface area contributed by atoms with E-state index in [0.29, 0.717) is 0 Å². The first kappa shape index (κ1) is 11.4. The summed E-state index contributed by atoms with van der Waals surface area (Å²) in [5.74, 6) is 2.05. The van der Waals surface area contributed by atoms with E-state index in [4.69, 9.17) is 4.74 Å². The van der Waals surface area contributed by atoms with E-state index in [1.807, 2.05) is 11.8 Å². The Labute approximate surface area is 90.9 Å². The van der Waals surface area contributed by atoms with Crippen LogP contribution in [0.15, 0.2) is 12.1 Å². The summed E-state index contributed by atoms with van der Waals surface area (Å²) in [4.78, 5) is 0. The molecule has 1 nitrogen and oxygen atoms in total. The molecule has 0 amide bonds. The van der Waals surface area contributed by atoms with Gasteiger partial charge in [0.1, 0.15) is 5.75 Å². The number of aryl methyl sites for hydroxylation is 2. The lowest BCUT2D eigenvalue weighted by atomic mass is 10.0. The smallest absolute Gasteiger partial charge is 0.119 e. The van der Waals surface area contributed by atoms with Crippen molar-refractivity contribution in [1.82, 2.24) is 0 Å². The van der Waals surface area contributed by atoms with E-state index in [0.717, 1.165) is 18.1 Å². The normalized spacial score (nSPS) is 10.3. The average molecular weight is 210 g/mol. The van der Waals surface area contributed by atoms with Gasteiger partial charge in [0.05, 0.1) is 6.61 Å². The average Bonchev–Trinajstić information content (AvgIpc) is 2.14. The largest absolute Gasteiger partial charge is 0.493 e.